The molecule has 0 unspecified atom stereocenters. The van der Waals surface area contributed by atoms with Crippen molar-refractivity contribution in [3.8, 4) is 0 Å². The second kappa shape index (κ2) is 4.18. The lowest BCUT2D eigenvalue weighted by molar-refractivity contribution is -0.134. The summed E-state index contributed by atoms with van der Waals surface area (Å²) in [6, 6.07) is 6.79. The molecule has 0 atom stereocenters. The van der Waals surface area contributed by atoms with Gasteiger partial charge in [0.2, 0.25) is 5.83 Å². The summed E-state index contributed by atoms with van der Waals surface area (Å²) in [5.74, 6) is -2.73. The molecule has 1 aromatic rings. The van der Waals surface area contributed by atoms with Gasteiger partial charge in [-0.1, -0.05) is 34.1 Å². The normalized spacial score (nSPS) is 11.4. The zero-order valence-corrected chi connectivity index (χ0v) is 8.08. The van der Waals surface area contributed by atoms with Crippen LogP contribution in [0, 0.1) is 0 Å². The van der Waals surface area contributed by atoms with E-state index in [0.717, 1.165) is 6.08 Å². The zero-order valence-electron chi connectivity index (χ0n) is 6.50. The maximum Gasteiger partial charge on any atom is 0.364 e. The van der Waals surface area contributed by atoms with E-state index in [0.29, 0.717) is 10.0 Å². The Kier molecular flexibility index (Phi) is 3.19. The number of carboxylic acid groups (broad SMARTS) is 1. The number of aliphatic carboxylic acids is 1. The fourth-order valence-electron chi connectivity index (χ4n) is 0.790. The molecule has 1 rings (SSSR count). The lowest BCUT2D eigenvalue weighted by Gasteiger charge is -1.96. The highest BCUT2D eigenvalue weighted by atomic mass is 79.9. The van der Waals surface area contributed by atoms with Crippen molar-refractivity contribution in [1.82, 2.24) is 0 Å². The largest absolute Gasteiger partial charge is 0.476 e. The smallest absolute Gasteiger partial charge is 0.364 e. The van der Waals surface area contributed by atoms with E-state index in [9.17, 15) is 9.18 Å². The second-order valence-corrected chi connectivity index (χ2v) is 3.17. The minimum Gasteiger partial charge on any atom is -0.476 e. The number of benzene rings is 1. The maximum absolute atomic E-state index is 12.6. The number of hydrogen-bond acceptors (Lipinski definition) is 1. The summed E-state index contributed by atoms with van der Waals surface area (Å²) in [6.45, 7) is 0. The minimum absolute atomic E-state index is 0.502. The average Bonchev–Trinajstić information content (AvgIpc) is 2.08. The molecule has 0 amide bonds. The highest BCUT2D eigenvalue weighted by molar-refractivity contribution is 9.10. The minimum atomic E-state index is -1.56. The molecule has 13 heavy (non-hydrogen) atoms. The van der Waals surface area contributed by atoms with Crippen LogP contribution in [0.4, 0.5) is 4.39 Å². The Bertz CT molecular complexity index is 360. The van der Waals surface area contributed by atoms with Crippen molar-refractivity contribution in [3.63, 3.8) is 0 Å². The predicted molar refractivity (Wildman–Crippen MR) is 50.9 cm³/mol. The summed E-state index contributed by atoms with van der Waals surface area (Å²) < 4.78 is 13.3. The first kappa shape index (κ1) is 9.92. The summed E-state index contributed by atoms with van der Waals surface area (Å²) in [6.07, 6.45) is 0.965. The van der Waals surface area contributed by atoms with Crippen LogP contribution in [0.1, 0.15) is 5.56 Å². The molecule has 1 aromatic carbocycles. The van der Waals surface area contributed by atoms with Gasteiger partial charge in [-0.05, 0) is 17.7 Å². The monoisotopic (exact) mass is 244 g/mol. The van der Waals surface area contributed by atoms with E-state index in [-0.39, 0.29) is 0 Å². The van der Waals surface area contributed by atoms with Gasteiger partial charge in [0.15, 0.2) is 0 Å². The summed E-state index contributed by atoms with van der Waals surface area (Å²) in [7, 11) is 0. The van der Waals surface area contributed by atoms with Crippen LogP contribution in [0.3, 0.4) is 0 Å². The zero-order chi connectivity index (χ0) is 9.84. The Balaban J connectivity index is 3.04. The molecule has 0 heterocycles. The van der Waals surface area contributed by atoms with Crippen LogP contribution >= 0.6 is 15.9 Å². The molecule has 68 valence electrons. The molecule has 0 saturated heterocycles. The molecule has 0 fully saturated rings. The second-order valence-electron chi connectivity index (χ2n) is 2.32. The quantitative estimate of drug-likeness (QED) is 0.813. The molecule has 0 aliphatic heterocycles. The van der Waals surface area contributed by atoms with E-state index in [4.69, 9.17) is 5.11 Å². The third-order valence-electron chi connectivity index (χ3n) is 1.39. The highest BCUT2D eigenvalue weighted by Crippen LogP contribution is 2.19. The van der Waals surface area contributed by atoms with Crippen LogP contribution in [-0.2, 0) is 4.79 Å². The van der Waals surface area contributed by atoms with E-state index in [2.05, 4.69) is 15.9 Å². The van der Waals surface area contributed by atoms with E-state index in [1.807, 2.05) is 0 Å². The van der Waals surface area contributed by atoms with Crippen molar-refractivity contribution in [2.24, 2.45) is 0 Å². The Morgan fingerprint density at radius 1 is 1.46 bits per heavy atom. The number of carbonyl (C=O) groups is 1. The van der Waals surface area contributed by atoms with E-state index in [1.54, 1.807) is 24.3 Å². The number of carboxylic acids is 1. The van der Waals surface area contributed by atoms with Gasteiger partial charge in [-0.15, -0.1) is 0 Å². The molecule has 0 radical (unpaired) electrons. The maximum atomic E-state index is 12.6. The number of halogens is 2. The summed E-state index contributed by atoms with van der Waals surface area (Å²) in [5, 5.41) is 8.28. The molecule has 0 bridgehead atoms. The van der Waals surface area contributed by atoms with E-state index >= 15 is 0 Å². The topological polar surface area (TPSA) is 37.3 Å². The molecular weight excluding hydrogens is 239 g/mol. The fourth-order valence-corrected chi connectivity index (χ4v) is 1.19. The van der Waals surface area contributed by atoms with Crippen LogP contribution in [0.5, 0.6) is 0 Å². The van der Waals surface area contributed by atoms with Crippen LogP contribution < -0.4 is 0 Å². The molecule has 1 N–H and O–H groups in total. The van der Waals surface area contributed by atoms with Crippen LogP contribution in [0.2, 0.25) is 0 Å². The van der Waals surface area contributed by atoms with Gasteiger partial charge in [0.25, 0.3) is 0 Å². The SMILES string of the molecule is O=C(O)/C(F)=C/c1ccccc1Br. The summed E-state index contributed by atoms with van der Waals surface area (Å²) in [4.78, 5) is 10.2. The van der Waals surface area contributed by atoms with Gasteiger partial charge in [-0.2, -0.15) is 4.39 Å². The van der Waals surface area contributed by atoms with Gasteiger partial charge in [0.1, 0.15) is 0 Å². The summed E-state index contributed by atoms with van der Waals surface area (Å²) >= 11 is 3.17. The predicted octanol–water partition coefficient (Wildman–Crippen LogP) is 2.84. The van der Waals surface area contributed by atoms with Gasteiger partial charge >= 0.3 is 5.97 Å². The molecule has 0 saturated carbocycles. The van der Waals surface area contributed by atoms with Crippen molar-refractivity contribution in [3.05, 3.63) is 40.1 Å². The average molecular weight is 245 g/mol. The first-order valence-corrected chi connectivity index (χ1v) is 4.25. The van der Waals surface area contributed by atoms with Gasteiger partial charge in [-0.3, -0.25) is 0 Å². The van der Waals surface area contributed by atoms with Crippen LogP contribution in [0.15, 0.2) is 34.6 Å². The summed E-state index contributed by atoms with van der Waals surface area (Å²) in [5.41, 5.74) is 0.502. The van der Waals surface area contributed by atoms with Crippen molar-refractivity contribution in [1.29, 1.82) is 0 Å². The molecule has 0 aliphatic carbocycles. The van der Waals surface area contributed by atoms with Gasteiger partial charge in [-0.25, -0.2) is 4.79 Å². The first-order chi connectivity index (χ1) is 6.11. The Morgan fingerprint density at radius 2 is 2.08 bits per heavy atom. The molecule has 0 aromatic heterocycles. The number of rotatable bonds is 2. The van der Waals surface area contributed by atoms with E-state index < -0.39 is 11.8 Å². The lowest BCUT2D eigenvalue weighted by atomic mass is 10.2. The van der Waals surface area contributed by atoms with Crippen molar-refractivity contribution in [2.75, 3.05) is 0 Å². The van der Waals surface area contributed by atoms with Crippen molar-refractivity contribution < 1.29 is 14.3 Å². The Hall–Kier alpha value is -1.16. The standard InChI is InChI=1S/C9H6BrFO2/c10-7-4-2-1-3-6(7)5-8(11)9(12)13/h1-5H,(H,12,13)/b8-5-. The lowest BCUT2D eigenvalue weighted by Crippen LogP contribution is -1.94. The Morgan fingerprint density at radius 3 is 2.62 bits per heavy atom. The molecule has 0 spiro atoms. The van der Waals surface area contributed by atoms with Gasteiger partial charge in [0.05, 0.1) is 0 Å². The molecular formula is C9H6BrFO2. The first-order valence-electron chi connectivity index (χ1n) is 3.46. The molecule has 2 nitrogen and oxygen atoms in total. The van der Waals surface area contributed by atoms with E-state index in [1.165, 1.54) is 0 Å². The fraction of sp³-hybridized carbons (Fsp3) is 0. The third-order valence-corrected chi connectivity index (χ3v) is 2.11. The van der Waals surface area contributed by atoms with Crippen LogP contribution in [-0.4, -0.2) is 11.1 Å². The molecule has 4 heteroatoms. The molecule has 0 aliphatic rings. The Labute approximate surface area is 82.8 Å². The highest BCUT2D eigenvalue weighted by Gasteiger charge is 2.05. The van der Waals surface area contributed by atoms with Crippen molar-refractivity contribution in [2.45, 2.75) is 0 Å². The van der Waals surface area contributed by atoms with Crippen LogP contribution in [0.25, 0.3) is 6.08 Å². The third kappa shape index (κ3) is 2.66. The van der Waals surface area contributed by atoms with Crippen molar-refractivity contribution >= 4 is 28.0 Å². The van der Waals surface area contributed by atoms with Gasteiger partial charge < -0.3 is 5.11 Å². The number of hydrogen-bond donors (Lipinski definition) is 1. The van der Waals surface area contributed by atoms with Gasteiger partial charge in [0, 0.05) is 4.47 Å².